The summed E-state index contributed by atoms with van der Waals surface area (Å²) in [6, 6.07) is 10.5. The van der Waals surface area contributed by atoms with Crippen LogP contribution in [0, 0.1) is 0 Å². The number of nitrogens with one attached hydrogen (secondary N) is 1. The number of nitrogens with zero attached hydrogens (tertiary/aromatic N) is 1. The van der Waals surface area contributed by atoms with Crippen LogP contribution in [0.2, 0.25) is 0 Å². The van der Waals surface area contributed by atoms with Gasteiger partial charge in [0, 0.05) is 12.1 Å². The molecule has 0 spiro atoms. The first-order chi connectivity index (χ1) is 12.6. The zero-order chi connectivity index (χ0) is 19.8. The molecule has 0 aromatic heterocycles. The van der Waals surface area contributed by atoms with E-state index in [4.69, 9.17) is 0 Å². The summed E-state index contributed by atoms with van der Waals surface area (Å²) in [6.45, 7) is 1.77. The summed E-state index contributed by atoms with van der Waals surface area (Å²) in [4.78, 5) is 11.3. The third-order valence-electron chi connectivity index (χ3n) is 4.39. The van der Waals surface area contributed by atoms with Crippen molar-refractivity contribution in [3.05, 3.63) is 53.6 Å². The Morgan fingerprint density at radius 3 is 2.30 bits per heavy atom. The maximum absolute atomic E-state index is 12.6. The van der Waals surface area contributed by atoms with Gasteiger partial charge in [-0.1, -0.05) is 18.2 Å². The Bertz CT molecular complexity index is 1090. The number of carbonyl (C=O) groups excluding carboxylic acids is 1. The standard InChI is InChI=1S/C18H20N2O5S2/c1-13(21)14-6-9-17(10-7-14)27(24,25)19-16-8-5-15-4-3-11-20(18(15)12-16)26(2,22)23/h5-10,12,19H,3-4,11H2,1-2H3. The van der Waals surface area contributed by atoms with Crippen molar-refractivity contribution in [2.45, 2.75) is 24.7 Å². The molecule has 9 heteroatoms. The number of carbonyl (C=O) groups is 1. The van der Waals surface area contributed by atoms with Gasteiger partial charge < -0.3 is 0 Å². The van der Waals surface area contributed by atoms with Gasteiger partial charge in [-0.25, -0.2) is 16.8 Å². The van der Waals surface area contributed by atoms with Gasteiger partial charge in [0.25, 0.3) is 10.0 Å². The highest BCUT2D eigenvalue weighted by atomic mass is 32.2. The molecule has 0 saturated carbocycles. The van der Waals surface area contributed by atoms with E-state index in [2.05, 4.69) is 4.72 Å². The predicted molar refractivity (Wildman–Crippen MR) is 104 cm³/mol. The lowest BCUT2D eigenvalue weighted by atomic mass is 10.0. The Hall–Kier alpha value is -2.39. The van der Waals surface area contributed by atoms with Gasteiger partial charge in [-0.3, -0.25) is 13.8 Å². The number of benzene rings is 2. The molecule has 1 aliphatic heterocycles. The predicted octanol–water partition coefficient (Wildman–Crippen LogP) is 2.40. The topological polar surface area (TPSA) is 101 Å². The lowest BCUT2D eigenvalue weighted by molar-refractivity contribution is 0.101. The number of anilines is 2. The van der Waals surface area contributed by atoms with Crippen molar-refractivity contribution in [3.8, 4) is 0 Å². The van der Waals surface area contributed by atoms with Crippen molar-refractivity contribution in [1.82, 2.24) is 0 Å². The molecule has 0 amide bonds. The van der Waals surface area contributed by atoms with Gasteiger partial charge in [-0.05, 0) is 49.6 Å². The monoisotopic (exact) mass is 408 g/mol. The average molecular weight is 409 g/mol. The summed E-state index contributed by atoms with van der Waals surface area (Å²) in [5.41, 5.74) is 2.06. The summed E-state index contributed by atoms with van der Waals surface area (Å²) >= 11 is 0. The van der Waals surface area contributed by atoms with Crippen molar-refractivity contribution >= 4 is 37.2 Å². The molecule has 1 heterocycles. The number of rotatable bonds is 5. The molecule has 27 heavy (non-hydrogen) atoms. The Kier molecular flexibility index (Phi) is 5.00. The number of aryl methyl sites for hydroxylation is 1. The quantitative estimate of drug-likeness (QED) is 0.766. The van der Waals surface area contributed by atoms with Crippen LogP contribution in [0.5, 0.6) is 0 Å². The van der Waals surface area contributed by atoms with E-state index in [0.29, 0.717) is 24.2 Å². The van der Waals surface area contributed by atoms with Crippen molar-refractivity contribution in [1.29, 1.82) is 0 Å². The molecule has 7 nitrogen and oxygen atoms in total. The van der Waals surface area contributed by atoms with Crippen LogP contribution in [0.4, 0.5) is 11.4 Å². The van der Waals surface area contributed by atoms with Crippen LogP contribution in [0.3, 0.4) is 0 Å². The van der Waals surface area contributed by atoms with Gasteiger partial charge in [-0.15, -0.1) is 0 Å². The molecule has 2 aromatic rings. The van der Waals surface area contributed by atoms with Crippen LogP contribution in [0.15, 0.2) is 47.4 Å². The molecule has 0 fully saturated rings. The lowest BCUT2D eigenvalue weighted by Gasteiger charge is -2.29. The largest absolute Gasteiger partial charge is 0.295 e. The summed E-state index contributed by atoms with van der Waals surface area (Å²) in [5.74, 6) is -0.150. The highest BCUT2D eigenvalue weighted by molar-refractivity contribution is 7.92. The second kappa shape index (κ2) is 6.97. The maximum Gasteiger partial charge on any atom is 0.261 e. The molecule has 2 aromatic carbocycles. The van der Waals surface area contributed by atoms with Gasteiger partial charge in [0.15, 0.2) is 5.78 Å². The van der Waals surface area contributed by atoms with Crippen molar-refractivity contribution in [2.75, 3.05) is 21.8 Å². The number of Topliss-reactive ketones (excluding diaryl/α,β-unsaturated/α-hetero) is 1. The maximum atomic E-state index is 12.6. The van der Waals surface area contributed by atoms with Crippen molar-refractivity contribution in [2.24, 2.45) is 0 Å². The SMILES string of the molecule is CC(=O)c1ccc(S(=O)(=O)Nc2ccc3c(c2)N(S(C)(=O)=O)CCC3)cc1. The van der Waals surface area contributed by atoms with E-state index < -0.39 is 20.0 Å². The number of hydrogen-bond acceptors (Lipinski definition) is 5. The van der Waals surface area contributed by atoms with Gasteiger partial charge in [0.1, 0.15) is 0 Å². The molecular weight excluding hydrogens is 388 g/mol. The van der Waals surface area contributed by atoms with E-state index >= 15 is 0 Å². The number of ketones is 1. The molecule has 1 N–H and O–H groups in total. The van der Waals surface area contributed by atoms with Crippen LogP contribution in [0.25, 0.3) is 0 Å². The zero-order valence-electron chi connectivity index (χ0n) is 15.0. The molecule has 0 bridgehead atoms. The molecule has 3 rings (SSSR count). The summed E-state index contributed by atoms with van der Waals surface area (Å²) in [5, 5.41) is 0. The van der Waals surface area contributed by atoms with E-state index in [0.717, 1.165) is 18.2 Å². The van der Waals surface area contributed by atoms with E-state index in [9.17, 15) is 21.6 Å². The minimum Gasteiger partial charge on any atom is -0.295 e. The fraction of sp³-hybridized carbons (Fsp3) is 0.278. The van der Waals surface area contributed by atoms with Crippen LogP contribution >= 0.6 is 0 Å². The average Bonchev–Trinajstić information content (AvgIpc) is 2.60. The van der Waals surface area contributed by atoms with Gasteiger partial charge in [0.05, 0.1) is 22.5 Å². The van der Waals surface area contributed by atoms with Crippen LogP contribution in [-0.2, 0) is 26.5 Å². The first-order valence-electron chi connectivity index (χ1n) is 8.32. The third kappa shape index (κ3) is 4.14. The van der Waals surface area contributed by atoms with E-state index in [1.54, 1.807) is 12.1 Å². The number of fused-ring (bicyclic) bond motifs is 1. The fourth-order valence-electron chi connectivity index (χ4n) is 3.03. The van der Waals surface area contributed by atoms with Crippen LogP contribution in [-0.4, -0.2) is 35.4 Å². The fourth-order valence-corrected chi connectivity index (χ4v) is 5.07. The Balaban J connectivity index is 1.92. The third-order valence-corrected chi connectivity index (χ3v) is 6.96. The van der Waals surface area contributed by atoms with Crippen LogP contribution < -0.4 is 9.03 Å². The minimum atomic E-state index is -3.86. The van der Waals surface area contributed by atoms with E-state index in [1.807, 2.05) is 0 Å². The summed E-state index contributed by atoms with van der Waals surface area (Å²) in [7, 11) is -7.31. The van der Waals surface area contributed by atoms with E-state index in [1.165, 1.54) is 41.6 Å². The molecule has 0 aliphatic carbocycles. The van der Waals surface area contributed by atoms with Gasteiger partial charge in [-0.2, -0.15) is 0 Å². The van der Waals surface area contributed by atoms with E-state index in [-0.39, 0.29) is 16.4 Å². The van der Waals surface area contributed by atoms with Crippen LogP contribution in [0.1, 0.15) is 29.3 Å². The molecule has 0 unspecified atom stereocenters. The summed E-state index contributed by atoms with van der Waals surface area (Å²) < 4.78 is 53.0. The molecule has 144 valence electrons. The minimum absolute atomic E-state index is 0.0187. The Morgan fingerprint density at radius 1 is 1.04 bits per heavy atom. The van der Waals surface area contributed by atoms with Crippen molar-refractivity contribution in [3.63, 3.8) is 0 Å². The molecule has 0 saturated heterocycles. The lowest BCUT2D eigenvalue weighted by Crippen LogP contribution is -2.34. The van der Waals surface area contributed by atoms with Crippen molar-refractivity contribution < 1.29 is 21.6 Å². The Morgan fingerprint density at radius 2 is 1.70 bits per heavy atom. The first-order valence-corrected chi connectivity index (χ1v) is 11.7. The second-order valence-electron chi connectivity index (χ2n) is 6.47. The molecule has 0 radical (unpaired) electrons. The first kappa shape index (κ1) is 19.4. The highest BCUT2D eigenvalue weighted by Crippen LogP contribution is 2.32. The molecular formula is C18H20N2O5S2. The second-order valence-corrected chi connectivity index (χ2v) is 10.1. The Labute approximate surface area is 159 Å². The molecule has 0 atom stereocenters. The highest BCUT2D eigenvalue weighted by Gasteiger charge is 2.25. The summed E-state index contributed by atoms with van der Waals surface area (Å²) in [6.07, 6.45) is 2.59. The van der Waals surface area contributed by atoms with Gasteiger partial charge >= 0.3 is 0 Å². The molecule has 1 aliphatic rings. The smallest absolute Gasteiger partial charge is 0.261 e. The number of sulfonamides is 2. The normalized spacial score (nSPS) is 14.5. The number of hydrogen-bond donors (Lipinski definition) is 1. The van der Waals surface area contributed by atoms with Gasteiger partial charge in [0.2, 0.25) is 10.0 Å². The zero-order valence-corrected chi connectivity index (χ0v) is 16.6.